The number of aromatic carboxylic acids is 1. The van der Waals surface area contributed by atoms with E-state index >= 15 is 0 Å². The van der Waals surface area contributed by atoms with Crippen molar-refractivity contribution in [3.8, 4) is 0 Å². The molecular formula is C14H15N3O4. The number of urea groups is 1. The van der Waals surface area contributed by atoms with E-state index in [0.29, 0.717) is 12.3 Å². The number of aryl methyl sites for hydroxylation is 1. The maximum absolute atomic E-state index is 11.6. The zero-order chi connectivity index (χ0) is 15.2. The Labute approximate surface area is 121 Å². The quantitative estimate of drug-likeness (QED) is 0.776. The molecule has 2 heterocycles. The summed E-state index contributed by atoms with van der Waals surface area (Å²) < 4.78 is 5.02. The van der Waals surface area contributed by atoms with Gasteiger partial charge in [-0.15, -0.1) is 0 Å². The van der Waals surface area contributed by atoms with Crippen molar-refractivity contribution in [3.63, 3.8) is 0 Å². The van der Waals surface area contributed by atoms with Crippen LogP contribution in [0.1, 0.15) is 27.7 Å². The first-order valence-corrected chi connectivity index (χ1v) is 6.31. The summed E-state index contributed by atoms with van der Waals surface area (Å²) in [6.07, 6.45) is 0. The van der Waals surface area contributed by atoms with E-state index in [1.807, 2.05) is 25.1 Å². The van der Waals surface area contributed by atoms with E-state index in [1.165, 1.54) is 12.1 Å². The molecule has 110 valence electrons. The van der Waals surface area contributed by atoms with E-state index < -0.39 is 5.97 Å². The fraction of sp³-hybridized carbons (Fsp3) is 0.214. The molecule has 0 aliphatic carbocycles. The fourth-order valence-electron chi connectivity index (χ4n) is 1.69. The van der Waals surface area contributed by atoms with Crippen LogP contribution in [-0.4, -0.2) is 22.1 Å². The Morgan fingerprint density at radius 3 is 2.62 bits per heavy atom. The van der Waals surface area contributed by atoms with Crippen LogP contribution >= 0.6 is 0 Å². The van der Waals surface area contributed by atoms with Gasteiger partial charge in [-0.05, 0) is 31.2 Å². The monoisotopic (exact) mass is 289 g/mol. The van der Waals surface area contributed by atoms with Gasteiger partial charge in [-0.2, -0.15) is 0 Å². The molecule has 0 aliphatic heterocycles. The smallest absolute Gasteiger partial charge is 0.371 e. The molecule has 0 aromatic carbocycles. The number of hydrogen-bond donors (Lipinski definition) is 3. The van der Waals surface area contributed by atoms with Crippen LogP contribution in [0.2, 0.25) is 0 Å². The van der Waals surface area contributed by atoms with Gasteiger partial charge >= 0.3 is 12.0 Å². The van der Waals surface area contributed by atoms with Crippen LogP contribution in [0.25, 0.3) is 0 Å². The molecule has 7 nitrogen and oxygen atoms in total. The van der Waals surface area contributed by atoms with Gasteiger partial charge in [0.1, 0.15) is 5.76 Å². The van der Waals surface area contributed by atoms with Crippen LogP contribution in [0.3, 0.4) is 0 Å². The Hall–Kier alpha value is -2.83. The summed E-state index contributed by atoms with van der Waals surface area (Å²) in [4.78, 5) is 26.5. The van der Waals surface area contributed by atoms with Crippen molar-refractivity contribution in [1.29, 1.82) is 0 Å². The first-order valence-electron chi connectivity index (χ1n) is 6.31. The molecule has 21 heavy (non-hydrogen) atoms. The Morgan fingerprint density at radius 1 is 1.19 bits per heavy atom. The summed E-state index contributed by atoms with van der Waals surface area (Å²) in [7, 11) is 0. The predicted octanol–water partition coefficient (Wildman–Crippen LogP) is 1.68. The van der Waals surface area contributed by atoms with Crippen molar-refractivity contribution >= 4 is 12.0 Å². The largest absolute Gasteiger partial charge is 0.475 e. The number of carbonyl (C=O) groups excluding carboxylic acids is 1. The Bertz CT molecular complexity index is 651. The lowest BCUT2D eigenvalue weighted by Crippen LogP contribution is -2.34. The summed E-state index contributed by atoms with van der Waals surface area (Å²) in [5, 5.41) is 13.9. The number of pyridine rings is 1. The second-order valence-corrected chi connectivity index (χ2v) is 4.38. The van der Waals surface area contributed by atoms with Gasteiger partial charge in [-0.1, -0.05) is 6.07 Å². The van der Waals surface area contributed by atoms with E-state index in [0.717, 1.165) is 11.4 Å². The summed E-state index contributed by atoms with van der Waals surface area (Å²) in [5.74, 6) is -0.927. The second-order valence-electron chi connectivity index (χ2n) is 4.38. The predicted molar refractivity (Wildman–Crippen MR) is 73.7 cm³/mol. The summed E-state index contributed by atoms with van der Waals surface area (Å²) in [6, 6.07) is 8.03. The number of carboxylic acids is 1. The number of aromatic nitrogens is 1. The number of nitrogens with one attached hydrogen (secondary N) is 2. The van der Waals surface area contributed by atoms with E-state index in [2.05, 4.69) is 15.6 Å². The standard InChI is InChI=1S/C14H15N3O4/c1-9-3-2-4-10(17-9)7-15-14(20)16-8-11-5-6-12(21-11)13(18)19/h2-6H,7-8H2,1H3,(H,18,19)(H2,15,16,20). The summed E-state index contributed by atoms with van der Waals surface area (Å²) in [6.45, 7) is 2.30. The molecule has 0 atom stereocenters. The number of nitrogens with zero attached hydrogens (tertiary/aromatic N) is 1. The van der Waals surface area contributed by atoms with Gasteiger partial charge in [-0.3, -0.25) is 4.98 Å². The van der Waals surface area contributed by atoms with Gasteiger partial charge in [0.2, 0.25) is 5.76 Å². The highest BCUT2D eigenvalue weighted by atomic mass is 16.4. The number of carboxylic acid groups (broad SMARTS) is 1. The highest BCUT2D eigenvalue weighted by molar-refractivity contribution is 5.84. The van der Waals surface area contributed by atoms with Crippen LogP contribution in [0, 0.1) is 6.92 Å². The minimum absolute atomic E-state index is 0.111. The molecule has 0 aliphatic rings. The fourth-order valence-corrected chi connectivity index (χ4v) is 1.69. The topological polar surface area (TPSA) is 104 Å². The highest BCUT2D eigenvalue weighted by Gasteiger charge is 2.09. The molecule has 0 radical (unpaired) electrons. The normalized spacial score (nSPS) is 10.1. The van der Waals surface area contributed by atoms with Gasteiger partial charge in [0.05, 0.1) is 18.8 Å². The van der Waals surface area contributed by atoms with Crippen LogP contribution in [-0.2, 0) is 13.1 Å². The molecule has 0 unspecified atom stereocenters. The third-order valence-corrected chi connectivity index (χ3v) is 2.67. The zero-order valence-electron chi connectivity index (χ0n) is 11.4. The van der Waals surface area contributed by atoms with Crippen molar-refractivity contribution in [2.24, 2.45) is 0 Å². The maximum Gasteiger partial charge on any atom is 0.371 e. The maximum atomic E-state index is 11.6. The lowest BCUT2D eigenvalue weighted by atomic mass is 10.3. The summed E-state index contributed by atoms with van der Waals surface area (Å²) in [5.41, 5.74) is 1.64. The highest BCUT2D eigenvalue weighted by Crippen LogP contribution is 2.07. The number of hydrogen-bond acceptors (Lipinski definition) is 4. The van der Waals surface area contributed by atoms with Gasteiger partial charge < -0.3 is 20.2 Å². The Balaban J connectivity index is 1.78. The van der Waals surface area contributed by atoms with E-state index in [-0.39, 0.29) is 18.3 Å². The molecule has 0 spiro atoms. The second kappa shape index (κ2) is 6.56. The first kappa shape index (κ1) is 14.6. The first-order chi connectivity index (χ1) is 10.0. The van der Waals surface area contributed by atoms with Crippen molar-refractivity contribution < 1.29 is 19.1 Å². The molecule has 0 fully saturated rings. The molecule has 7 heteroatoms. The molecule has 2 aromatic rings. The third kappa shape index (κ3) is 4.34. The number of furan rings is 1. The van der Waals surface area contributed by atoms with Gasteiger partial charge in [0.25, 0.3) is 0 Å². The minimum atomic E-state index is -1.14. The molecule has 2 rings (SSSR count). The Morgan fingerprint density at radius 2 is 1.95 bits per heavy atom. The molecule has 3 N–H and O–H groups in total. The molecule has 2 amide bonds. The van der Waals surface area contributed by atoms with Crippen molar-refractivity contribution in [2.45, 2.75) is 20.0 Å². The van der Waals surface area contributed by atoms with E-state index in [9.17, 15) is 9.59 Å². The average molecular weight is 289 g/mol. The lowest BCUT2D eigenvalue weighted by molar-refractivity contribution is 0.0660. The van der Waals surface area contributed by atoms with E-state index in [4.69, 9.17) is 9.52 Å². The van der Waals surface area contributed by atoms with Crippen LogP contribution in [0.15, 0.2) is 34.7 Å². The number of rotatable bonds is 5. The molecule has 0 saturated carbocycles. The zero-order valence-corrected chi connectivity index (χ0v) is 11.4. The van der Waals surface area contributed by atoms with Crippen LogP contribution < -0.4 is 10.6 Å². The van der Waals surface area contributed by atoms with Gasteiger partial charge in [-0.25, -0.2) is 9.59 Å². The van der Waals surface area contributed by atoms with Crippen molar-refractivity contribution in [3.05, 3.63) is 53.2 Å². The SMILES string of the molecule is Cc1cccc(CNC(=O)NCc2ccc(C(=O)O)o2)n1. The van der Waals surface area contributed by atoms with Gasteiger partial charge in [0, 0.05) is 5.69 Å². The van der Waals surface area contributed by atoms with Crippen LogP contribution in [0.5, 0.6) is 0 Å². The molecule has 2 aromatic heterocycles. The molecule has 0 saturated heterocycles. The van der Waals surface area contributed by atoms with Crippen LogP contribution in [0.4, 0.5) is 4.79 Å². The third-order valence-electron chi connectivity index (χ3n) is 2.67. The average Bonchev–Trinajstić information content (AvgIpc) is 2.92. The Kier molecular flexibility index (Phi) is 4.55. The lowest BCUT2D eigenvalue weighted by Gasteiger charge is -2.06. The van der Waals surface area contributed by atoms with Crippen molar-refractivity contribution in [1.82, 2.24) is 15.6 Å². The molecule has 0 bridgehead atoms. The van der Waals surface area contributed by atoms with Gasteiger partial charge in [0.15, 0.2) is 0 Å². The van der Waals surface area contributed by atoms with Crippen molar-refractivity contribution in [2.75, 3.05) is 0 Å². The minimum Gasteiger partial charge on any atom is -0.475 e. The number of carbonyl (C=O) groups is 2. The van der Waals surface area contributed by atoms with E-state index in [1.54, 1.807) is 0 Å². The number of amides is 2. The summed E-state index contributed by atoms with van der Waals surface area (Å²) >= 11 is 0. The molecular weight excluding hydrogens is 274 g/mol.